The maximum Gasteiger partial charge on any atom is 0.243 e. The fraction of sp³-hybridized carbons (Fsp3) is 0.417. The molecule has 0 radical (unpaired) electrons. The highest BCUT2D eigenvalue weighted by atomic mass is 16.3. The van der Waals surface area contributed by atoms with Crippen molar-refractivity contribution in [2.45, 2.75) is 19.9 Å². The van der Waals surface area contributed by atoms with Crippen LogP contribution in [0.3, 0.4) is 0 Å². The Morgan fingerprint density at radius 1 is 1.20 bits per heavy atom. The van der Waals surface area contributed by atoms with Crippen LogP contribution in [0.5, 0.6) is 0 Å². The molecule has 0 saturated carbocycles. The first-order valence-corrected chi connectivity index (χ1v) is 6.22. The van der Waals surface area contributed by atoms with Crippen molar-refractivity contribution in [2.24, 2.45) is 5.84 Å². The van der Waals surface area contributed by atoms with Gasteiger partial charge in [0, 0.05) is 14.1 Å². The van der Waals surface area contributed by atoms with Crippen LogP contribution in [0.15, 0.2) is 16.5 Å². The summed E-state index contributed by atoms with van der Waals surface area (Å²) in [4.78, 5) is 14.4. The first-order valence-electron chi connectivity index (χ1n) is 6.22. The second kappa shape index (κ2) is 5.74. The van der Waals surface area contributed by atoms with Gasteiger partial charge in [0.05, 0.1) is 6.04 Å². The minimum absolute atomic E-state index is 0.0632. The number of anilines is 3. The van der Waals surface area contributed by atoms with Crippen LogP contribution in [0.4, 0.5) is 17.8 Å². The van der Waals surface area contributed by atoms with Gasteiger partial charge in [-0.25, -0.2) is 5.84 Å². The number of hydrogen-bond acceptors (Lipinski definition) is 8. The van der Waals surface area contributed by atoms with Crippen molar-refractivity contribution in [3.05, 3.63) is 23.7 Å². The molecule has 0 amide bonds. The van der Waals surface area contributed by atoms with Crippen molar-refractivity contribution < 1.29 is 4.42 Å². The van der Waals surface area contributed by atoms with Crippen molar-refractivity contribution in [3.8, 4) is 0 Å². The number of nitrogens with zero attached hydrogens (tertiary/aromatic N) is 4. The first kappa shape index (κ1) is 14.1. The third-order valence-corrected chi connectivity index (χ3v) is 2.69. The van der Waals surface area contributed by atoms with Gasteiger partial charge in [0.25, 0.3) is 0 Å². The van der Waals surface area contributed by atoms with E-state index in [2.05, 4.69) is 25.7 Å². The lowest BCUT2D eigenvalue weighted by atomic mass is 10.2. The number of nitrogens with two attached hydrogens (primary N) is 1. The summed E-state index contributed by atoms with van der Waals surface area (Å²) in [6, 6.07) is 3.77. The molecule has 2 aromatic rings. The molecule has 0 aliphatic rings. The van der Waals surface area contributed by atoms with Crippen LogP contribution in [-0.4, -0.2) is 29.0 Å². The number of hydrazine groups is 1. The number of furan rings is 1. The van der Waals surface area contributed by atoms with Crippen LogP contribution in [0, 0.1) is 6.92 Å². The Balaban J connectivity index is 2.21. The molecule has 1 atom stereocenters. The molecule has 2 rings (SSSR count). The molecule has 0 saturated heterocycles. The molecule has 1 unspecified atom stereocenters. The van der Waals surface area contributed by atoms with E-state index in [4.69, 9.17) is 10.3 Å². The molecule has 0 aliphatic heterocycles. The third-order valence-electron chi connectivity index (χ3n) is 2.69. The first-order chi connectivity index (χ1) is 9.49. The summed E-state index contributed by atoms with van der Waals surface area (Å²) in [6.45, 7) is 3.87. The van der Waals surface area contributed by atoms with E-state index in [0.29, 0.717) is 17.8 Å². The summed E-state index contributed by atoms with van der Waals surface area (Å²) in [5, 5.41) is 3.16. The van der Waals surface area contributed by atoms with Gasteiger partial charge in [-0.1, -0.05) is 0 Å². The van der Waals surface area contributed by atoms with Crippen LogP contribution >= 0.6 is 0 Å². The van der Waals surface area contributed by atoms with Crippen molar-refractivity contribution in [3.63, 3.8) is 0 Å². The van der Waals surface area contributed by atoms with E-state index in [1.54, 1.807) is 4.90 Å². The predicted octanol–water partition coefficient (Wildman–Crippen LogP) is 1.30. The van der Waals surface area contributed by atoms with Crippen molar-refractivity contribution in [1.29, 1.82) is 0 Å². The molecule has 2 heterocycles. The zero-order valence-electron chi connectivity index (χ0n) is 12.0. The van der Waals surface area contributed by atoms with Gasteiger partial charge in [-0.15, -0.1) is 0 Å². The fourth-order valence-corrected chi connectivity index (χ4v) is 1.64. The van der Waals surface area contributed by atoms with E-state index in [0.717, 1.165) is 11.5 Å². The zero-order valence-corrected chi connectivity index (χ0v) is 12.0. The molecule has 2 aromatic heterocycles. The van der Waals surface area contributed by atoms with Crippen molar-refractivity contribution in [2.75, 3.05) is 29.7 Å². The zero-order chi connectivity index (χ0) is 14.7. The predicted molar refractivity (Wildman–Crippen MR) is 77.4 cm³/mol. The number of nitrogens with one attached hydrogen (secondary N) is 2. The minimum Gasteiger partial charge on any atom is -0.464 e. The molecule has 0 bridgehead atoms. The van der Waals surface area contributed by atoms with E-state index in [1.807, 2.05) is 40.1 Å². The highest BCUT2D eigenvalue weighted by molar-refractivity contribution is 5.43. The summed E-state index contributed by atoms with van der Waals surface area (Å²) >= 11 is 0. The largest absolute Gasteiger partial charge is 0.464 e. The number of aryl methyl sites for hydroxylation is 1. The Hall–Kier alpha value is -2.35. The second-order valence-corrected chi connectivity index (χ2v) is 4.64. The average Bonchev–Trinajstić information content (AvgIpc) is 2.85. The molecule has 108 valence electrons. The van der Waals surface area contributed by atoms with Crippen LogP contribution < -0.4 is 21.5 Å². The molecule has 0 fully saturated rings. The standard InChI is InChI=1S/C12H19N7O/c1-7-5-6-9(20-7)8(2)14-10-15-11(18-13)17-12(16-10)19(3)4/h5-6,8H,13H2,1-4H3,(H2,14,15,16,17,18). The van der Waals surface area contributed by atoms with Gasteiger partial charge in [0.2, 0.25) is 17.8 Å². The molecule has 4 N–H and O–H groups in total. The smallest absolute Gasteiger partial charge is 0.243 e. The van der Waals surface area contributed by atoms with Gasteiger partial charge in [-0.05, 0) is 26.0 Å². The van der Waals surface area contributed by atoms with Crippen molar-refractivity contribution >= 4 is 17.8 Å². The monoisotopic (exact) mass is 277 g/mol. The lowest BCUT2D eigenvalue weighted by molar-refractivity contribution is 0.466. The number of hydrogen-bond donors (Lipinski definition) is 3. The molecule has 20 heavy (non-hydrogen) atoms. The molecule has 0 aromatic carbocycles. The molecular weight excluding hydrogens is 258 g/mol. The SMILES string of the molecule is Cc1ccc(C(C)Nc2nc(NN)nc(N(C)C)n2)o1. The van der Waals surface area contributed by atoms with E-state index < -0.39 is 0 Å². The fourth-order valence-electron chi connectivity index (χ4n) is 1.64. The highest BCUT2D eigenvalue weighted by Crippen LogP contribution is 2.20. The van der Waals surface area contributed by atoms with E-state index in [9.17, 15) is 0 Å². The number of aromatic nitrogens is 3. The number of rotatable bonds is 5. The second-order valence-electron chi connectivity index (χ2n) is 4.64. The Labute approximate surface area is 117 Å². The molecule has 8 heteroatoms. The molecule has 8 nitrogen and oxygen atoms in total. The summed E-state index contributed by atoms with van der Waals surface area (Å²) in [6.07, 6.45) is 0. The summed E-state index contributed by atoms with van der Waals surface area (Å²) < 4.78 is 5.57. The van der Waals surface area contributed by atoms with Gasteiger partial charge in [0.15, 0.2) is 0 Å². The molecule has 0 aliphatic carbocycles. The van der Waals surface area contributed by atoms with Gasteiger partial charge in [-0.2, -0.15) is 15.0 Å². The highest BCUT2D eigenvalue weighted by Gasteiger charge is 2.13. The summed E-state index contributed by atoms with van der Waals surface area (Å²) in [5.41, 5.74) is 2.43. The number of nitrogen functional groups attached to an aromatic ring is 1. The van der Waals surface area contributed by atoms with Crippen LogP contribution in [0.25, 0.3) is 0 Å². The third kappa shape index (κ3) is 3.15. The molecule has 0 spiro atoms. The normalized spacial score (nSPS) is 12.1. The van der Waals surface area contributed by atoms with Gasteiger partial charge in [0.1, 0.15) is 11.5 Å². The maximum absolute atomic E-state index is 5.57. The maximum atomic E-state index is 5.57. The topological polar surface area (TPSA) is 105 Å². The van der Waals surface area contributed by atoms with Gasteiger partial charge >= 0.3 is 0 Å². The lowest BCUT2D eigenvalue weighted by Crippen LogP contribution is -2.19. The quantitative estimate of drug-likeness (QED) is 0.555. The Kier molecular flexibility index (Phi) is 4.04. The van der Waals surface area contributed by atoms with Crippen LogP contribution in [-0.2, 0) is 0 Å². The minimum atomic E-state index is -0.0632. The van der Waals surface area contributed by atoms with E-state index in [1.165, 1.54) is 0 Å². The Morgan fingerprint density at radius 2 is 1.90 bits per heavy atom. The van der Waals surface area contributed by atoms with Crippen LogP contribution in [0.1, 0.15) is 24.5 Å². The Bertz CT molecular complexity index is 581. The van der Waals surface area contributed by atoms with E-state index in [-0.39, 0.29) is 6.04 Å². The summed E-state index contributed by atoms with van der Waals surface area (Å²) in [7, 11) is 3.69. The summed E-state index contributed by atoms with van der Waals surface area (Å²) in [5.74, 6) is 8.29. The van der Waals surface area contributed by atoms with Gasteiger partial charge < -0.3 is 14.6 Å². The average molecular weight is 277 g/mol. The van der Waals surface area contributed by atoms with Crippen LogP contribution in [0.2, 0.25) is 0 Å². The lowest BCUT2D eigenvalue weighted by Gasteiger charge is -2.15. The van der Waals surface area contributed by atoms with Crippen molar-refractivity contribution in [1.82, 2.24) is 15.0 Å². The van der Waals surface area contributed by atoms with E-state index >= 15 is 0 Å². The van der Waals surface area contributed by atoms with Gasteiger partial charge in [-0.3, -0.25) is 5.43 Å². The molecular formula is C12H19N7O. The Morgan fingerprint density at radius 3 is 2.45 bits per heavy atom.